The first kappa shape index (κ1) is 24.2. The van der Waals surface area contributed by atoms with Crippen LogP contribution in [0.5, 0.6) is 0 Å². The van der Waals surface area contributed by atoms with Crippen molar-refractivity contribution >= 4 is 23.3 Å². The van der Waals surface area contributed by atoms with Gasteiger partial charge in [0.05, 0.1) is 28.4 Å². The van der Waals surface area contributed by atoms with Gasteiger partial charge in [-0.2, -0.15) is 25.9 Å². The lowest BCUT2D eigenvalue weighted by Gasteiger charge is -2.46. The fourth-order valence-corrected chi connectivity index (χ4v) is 4.06. The predicted molar refractivity (Wildman–Crippen MR) is 114 cm³/mol. The van der Waals surface area contributed by atoms with Gasteiger partial charge in [-0.05, 0) is 18.2 Å². The Morgan fingerprint density at radius 2 is 1.92 bits per heavy atom. The fourth-order valence-electron chi connectivity index (χ4n) is 4.06. The second kappa shape index (κ2) is 8.66. The number of aromatic amines is 1. The molecule has 2 amide bonds. The lowest BCUT2D eigenvalue weighted by atomic mass is 9.71. The summed E-state index contributed by atoms with van der Waals surface area (Å²) >= 11 is 0. The topological polar surface area (TPSA) is 169 Å². The summed E-state index contributed by atoms with van der Waals surface area (Å²) in [5.41, 5.74) is -3.05. The summed E-state index contributed by atoms with van der Waals surface area (Å²) in [5, 5.41) is 32.8. The molecule has 3 aromatic rings. The van der Waals surface area contributed by atoms with E-state index in [1.54, 1.807) is 12.1 Å². The number of aryl methyl sites for hydroxylation is 1. The minimum Gasteiger partial charge on any atom is -0.345 e. The summed E-state index contributed by atoms with van der Waals surface area (Å²) < 4.78 is 42.1. The number of H-pyrrole nitrogens is 1. The number of benzene rings is 1. The highest BCUT2D eigenvalue weighted by Crippen LogP contribution is 2.51. The maximum atomic E-state index is 13.7. The van der Waals surface area contributed by atoms with Gasteiger partial charge >= 0.3 is 0 Å². The van der Waals surface area contributed by atoms with Crippen molar-refractivity contribution in [2.75, 3.05) is 5.32 Å². The molecule has 1 aliphatic rings. The number of alkyl halides is 2. The smallest absolute Gasteiger partial charge is 0.293 e. The van der Waals surface area contributed by atoms with E-state index in [0.717, 1.165) is 29.1 Å². The van der Waals surface area contributed by atoms with Crippen LogP contribution < -0.4 is 10.6 Å². The Kier molecular flexibility index (Phi) is 5.81. The molecule has 0 spiro atoms. The van der Waals surface area contributed by atoms with E-state index in [1.165, 1.54) is 13.1 Å². The van der Waals surface area contributed by atoms with E-state index >= 15 is 0 Å². The van der Waals surface area contributed by atoms with E-state index in [9.17, 15) is 32.8 Å². The van der Waals surface area contributed by atoms with Gasteiger partial charge in [-0.15, -0.1) is 0 Å². The number of anilines is 1. The maximum Gasteiger partial charge on any atom is 0.293 e. The molecule has 1 saturated carbocycles. The van der Waals surface area contributed by atoms with Gasteiger partial charge in [-0.3, -0.25) is 14.4 Å². The van der Waals surface area contributed by atoms with E-state index in [0.29, 0.717) is 0 Å². The van der Waals surface area contributed by atoms with Crippen molar-refractivity contribution in [2.45, 2.75) is 24.3 Å². The first-order valence-electron chi connectivity index (χ1n) is 10.2. The molecule has 1 aliphatic carbocycles. The quantitative estimate of drug-likeness (QED) is 0.346. The molecular formula is C22H15F3N8O3. The highest BCUT2D eigenvalue weighted by molar-refractivity contribution is 6.43. The molecule has 14 heteroatoms. The molecule has 1 fully saturated rings. The van der Waals surface area contributed by atoms with Crippen molar-refractivity contribution in [3.63, 3.8) is 0 Å². The number of nitriles is 2. The van der Waals surface area contributed by atoms with Crippen LogP contribution in [0.4, 0.5) is 18.9 Å². The SMILES string of the molecule is Cn1cc(C(=O)C(=O)NC2(c3cn[nH]n3)CC(F)(F)C2)c(C#N)c1C(=O)Nc1ccc(F)c(C#N)c1. The molecule has 0 atom stereocenters. The van der Waals surface area contributed by atoms with Gasteiger partial charge in [0, 0.05) is 31.8 Å². The minimum absolute atomic E-state index is 0.0132. The van der Waals surface area contributed by atoms with Crippen molar-refractivity contribution in [3.8, 4) is 12.1 Å². The third kappa shape index (κ3) is 4.16. The Labute approximate surface area is 200 Å². The number of carbonyl (C=O) groups is 3. The average Bonchev–Trinajstić information content (AvgIpc) is 3.46. The van der Waals surface area contributed by atoms with Crippen molar-refractivity contribution < 1.29 is 27.6 Å². The number of aromatic nitrogens is 4. The summed E-state index contributed by atoms with van der Waals surface area (Å²) in [6, 6.07) is 6.58. The minimum atomic E-state index is -3.09. The standard InChI is InChI=1S/C22H15F3N8O3/c1-33-8-14(13(6-27)17(33)19(35)29-12-2-3-15(23)11(4-12)5-26)18(34)20(36)30-21(9-22(24,25)10-21)16-7-28-32-31-16/h2-4,7-8H,9-10H2,1H3,(H,29,35)(H,30,36)(H,28,31,32). The second-order valence-corrected chi connectivity index (χ2v) is 8.18. The Balaban J connectivity index is 1.60. The Bertz CT molecular complexity index is 1470. The zero-order chi connectivity index (χ0) is 26.3. The molecule has 0 aliphatic heterocycles. The zero-order valence-electron chi connectivity index (χ0n) is 18.4. The van der Waals surface area contributed by atoms with Gasteiger partial charge in [-0.25, -0.2) is 13.2 Å². The number of carbonyl (C=O) groups excluding carboxylic acids is 3. The summed E-state index contributed by atoms with van der Waals surface area (Å²) in [7, 11) is 1.35. The number of ketones is 1. The molecule has 1 aromatic carbocycles. The van der Waals surface area contributed by atoms with Crippen molar-refractivity contribution in [1.29, 1.82) is 10.5 Å². The molecule has 2 heterocycles. The zero-order valence-corrected chi connectivity index (χ0v) is 18.4. The number of nitrogens with zero attached hydrogens (tertiary/aromatic N) is 5. The van der Waals surface area contributed by atoms with Crippen LogP contribution in [0.2, 0.25) is 0 Å². The number of amides is 2. The molecule has 0 bridgehead atoms. The number of halogens is 3. The molecule has 0 saturated heterocycles. The largest absolute Gasteiger partial charge is 0.345 e. The van der Waals surface area contributed by atoms with Crippen LogP contribution in [0.3, 0.4) is 0 Å². The summed E-state index contributed by atoms with van der Waals surface area (Å²) in [4.78, 5) is 38.5. The van der Waals surface area contributed by atoms with Crippen LogP contribution in [0.25, 0.3) is 0 Å². The van der Waals surface area contributed by atoms with Gasteiger partial charge < -0.3 is 15.2 Å². The van der Waals surface area contributed by atoms with Crippen LogP contribution in [-0.2, 0) is 17.4 Å². The molecular weight excluding hydrogens is 481 g/mol. The molecule has 36 heavy (non-hydrogen) atoms. The van der Waals surface area contributed by atoms with Crippen LogP contribution in [0.1, 0.15) is 50.5 Å². The van der Waals surface area contributed by atoms with Gasteiger partial charge in [0.2, 0.25) is 0 Å². The Hall–Kier alpha value is -4.98. The third-order valence-electron chi connectivity index (χ3n) is 5.68. The molecule has 3 N–H and O–H groups in total. The predicted octanol–water partition coefficient (Wildman–Crippen LogP) is 1.90. The van der Waals surface area contributed by atoms with E-state index < -0.39 is 58.8 Å². The highest BCUT2D eigenvalue weighted by Gasteiger charge is 2.60. The van der Waals surface area contributed by atoms with Crippen molar-refractivity contribution in [2.24, 2.45) is 7.05 Å². The van der Waals surface area contributed by atoms with Gasteiger partial charge in [0.1, 0.15) is 29.3 Å². The van der Waals surface area contributed by atoms with E-state index in [4.69, 9.17) is 5.26 Å². The van der Waals surface area contributed by atoms with E-state index in [1.807, 2.05) is 0 Å². The van der Waals surface area contributed by atoms with Crippen LogP contribution in [0, 0.1) is 28.5 Å². The van der Waals surface area contributed by atoms with Crippen LogP contribution >= 0.6 is 0 Å². The van der Waals surface area contributed by atoms with E-state index in [2.05, 4.69) is 26.0 Å². The van der Waals surface area contributed by atoms with Crippen molar-refractivity contribution in [1.82, 2.24) is 25.3 Å². The number of rotatable bonds is 6. The number of nitrogens with one attached hydrogen (secondary N) is 3. The van der Waals surface area contributed by atoms with Crippen LogP contribution in [-0.4, -0.2) is 43.5 Å². The lowest BCUT2D eigenvalue weighted by molar-refractivity contribution is -0.148. The molecule has 0 radical (unpaired) electrons. The van der Waals surface area contributed by atoms with Crippen LogP contribution in [0.15, 0.2) is 30.6 Å². The number of Topliss-reactive ketones (excluding diaryl/α,β-unsaturated/α-hetero) is 1. The van der Waals surface area contributed by atoms with Crippen molar-refractivity contribution in [3.05, 3.63) is 64.5 Å². The normalized spacial score (nSPS) is 15.2. The monoisotopic (exact) mass is 496 g/mol. The molecule has 4 rings (SSSR count). The third-order valence-corrected chi connectivity index (χ3v) is 5.68. The number of hydrogen-bond donors (Lipinski definition) is 3. The van der Waals surface area contributed by atoms with Gasteiger partial charge in [0.15, 0.2) is 0 Å². The highest BCUT2D eigenvalue weighted by atomic mass is 19.3. The first-order valence-corrected chi connectivity index (χ1v) is 10.2. The maximum absolute atomic E-state index is 13.7. The first-order chi connectivity index (χ1) is 17.0. The Morgan fingerprint density at radius 1 is 1.19 bits per heavy atom. The lowest BCUT2D eigenvalue weighted by Crippen LogP contribution is -2.61. The molecule has 182 valence electrons. The Morgan fingerprint density at radius 3 is 2.50 bits per heavy atom. The average molecular weight is 496 g/mol. The summed E-state index contributed by atoms with van der Waals surface area (Å²) in [6.07, 6.45) is 0.626. The number of hydrogen-bond acceptors (Lipinski definition) is 7. The molecule has 2 aromatic heterocycles. The summed E-state index contributed by atoms with van der Waals surface area (Å²) in [6.45, 7) is 0. The second-order valence-electron chi connectivity index (χ2n) is 8.18. The van der Waals surface area contributed by atoms with Gasteiger partial charge in [0.25, 0.3) is 23.5 Å². The molecule has 11 nitrogen and oxygen atoms in total. The van der Waals surface area contributed by atoms with Gasteiger partial charge in [-0.1, -0.05) is 0 Å². The fraction of sp³-hybridized carbons (Fsp3) is 0.227. The molecule has 0 unspecified atom stereocenters. The van der Waals surface area contributed by atoms with E-state index in [-0.39, 0.29) is 22.6 Å². The summed E-state index contributed by atoms with van der Waals surface area (Å²) in [5.74, 6) is -7.26.